The van der Waals surface area contributed by atoms with Crippen LogP contribution in [0.4, 0.5) is 5.69 Å². The van der Waals surface area contributed by atoms with Crippen molar-refractivity contribution < 1.29 is 4.79 Å². The van der Waals surface area contributed by atoms with Gasteiger partial charge in [0, 0.05) is 17.1 Å². The van der Waals surface area contributed by atoms with E-state index in [1.807, 2.05) is 86.0 Å². The first-order valence-corrected chi connectivity index (χ1v) is 12.0. The predicted molar refractivity (Wildman–Crippen MR) is 135 cm³/mol. The highest BCUT2D eigenvalue weighted by Gasteiger charge is 2.22. The summed E-state index contributed by atoms with van der Waals surface area (Å²) in [5.41, 5.74) is 4.92. The van der Waals surface area contributed by atoms with Crippen LogP contribution in [0, 0.1) is 13.8 Å². The average Bonchev–Trinajstić information content (AvgIpc) is 3.18. The van der Waals surface area contributed by atoms with E-state index in [-0.39, 0.29) is 11.2 Å². The minimum Gasteiger partial charge on any atom is -0.325 e. The molecule has 0 radical (unpaired) electrons. The molecule has 0 bridgehead atoms. The van der Waals surface area contributed by atoms with Crippen LogP contribution in [0.3, 0.4) is 0 Å². The lowest BCUT2D eigenvalue weighted by Gasteiger charge is -2.16. The number of thioether (sulfide) groups is 1. The van der Waals surface area contributed by atoms with Crippen LogP contribution in [0.15, 0.2) is 78.0 Å². The monoisotopic (exact) mass is 476 g/mol. The third kappa shape index (κ3) is 5.46. The van der Waals surface area contributed by atoms with Gasteiger partial charge in [0.2, 0.25) is 5.91 Å². The van der Waals surface area contributed by atoms with Crippen molar-refractivity contribution in [2.24, 2.45) is 0 Å². The molecule has 0 fully saturated rings. The maximum absolute atomic E-state index is 13.0. The van der Waals surface area contributed by atoms with Crippen molar-refractivity contribution in [1.29, 1.82) is 0 Å². The molecule has 5 nitrogen and oxygen atoms in total. The Bertz CT molecular complexity index is 1250. The normalized spacial score (nSPS) is 11.9. The Kier molecular flexibility index (Phi) is 7.16. The van der Waals surface area contributed by atoms with Crippen LogP contribution in [0.5, 0.6) is 0 Å². The third-order valence-electron chi connectivity index (χ3n) is 5.35. The van der Waals surface area contributed by atoms with E-state index in [9.17, 15) is 4.79 Å². The SMILES string of the molecule is Cc1cccc(C)c1NC(=O)[C@@H](C)Sc1nnc(Cc2ccccc2)n1-c1cccc(Cl)c1. The summed E-state index contributed by atoms with van der Waals surface area (Å²) in [6, 6.07) is 23.7. The zero-order valence-electron chi connectivity index (χ0n) is 18.7. The Labute approximate surface area is 203 Å². The Morgan fingerprint density at radius 1 is 1.00 bits per heavy atom. The molecular formula is C26H25ClN4OS. The predicted octanol–water partition coefficient (Wildman–Crippen LogP) is 6.25. The van der Waals surface area contributed by atoms with Gasteiger partial charge in [-0.25, -0.2) is 0 Å². The molecule has 0 saturated heterocycles. The maximum Gasteiger partial charge on any atom is 0.237 e. The van der Waals surface area contributed by atoms with Crippen molar-refractivity contribution in [3.63, 3.8) is 0 Å². The Morgan fingerprint density at radius 3 is 2.39 bits per heavy atom. The lowest BCUT2D eigenvalue weighted by molar-refractivity contribution is -0.115. The van der Waals surface area contributed by atoms with Crippen molar-refractivity contribution in [1.82, 2.24) is 14.8 Å². The molecule has 0 aliphatic carbocycles. The van der Waals surface area contributed by atoms with Crippen molar-refractivity contribution in [3.8, 4) is 5.69 Å². The molecule has 1 heterocycles. The second-order valence-electron chi connectivity index (χ2n) is 7.89. The van der Waals surface area contributed by atoms with Crippen molar-refractivity contribution >= 4 is 35.0 Å². The zero-order chi connectivity index (χ0) is 23.4. The van der Waals surface area contributed by atoms with E-state index in [1.165, 1.54) is 11.8 Å². The molecule has 33 heavy (non-hydrogen) atoms. The van der Waals surface area contributed by atoms with Crippen molar-refractivity contribution in [2.75, 3.05) is 5.32 Å². The number of para-hydroxylation sites is 1. The lowest BCUT2D eigenvalue weighted by atomic mass is 10.1. The summed E-state index contributed by atoms with van der Waals surface area (Å²) in [7, 11) is 0. The molecule has 0 aliphatic rings. The van der Waals surface area contributed by atoms with E-state index in [0.717, 1.165) is 33.9 Å². The number of rotatable bonds is 7. The molecular weight excluding hydrogens is 452 g/mol. The molecule has 0 aliphatic heterocycles. The number of nitrogens with one attached hydrogen (secondary N) is 1. The van der Waals surface area contributed by atoms with Crippen molar-refractivity contribution in [3.05, 3.63) is 100 Å². The van der Waals surface area contributed by atoms with Crippen molar-refractivity contribution in [2.45, 2.75) is 37.6 Å². The second-order valence-corrected chi connectivity index (χ2v) is 9.64. The highest BCUT2D eigenvalue weighted by Crippen LogP contribution is 2.29. The van der Waals surface area contributed by atoms with Gasteiger partial charge in [-0.2, -0.15) is 0 Å². The summed E-state index contributed by atoms with van der Waals surface area (Å²) in [5.74, 6) is 0.705. The fraction of sp³-hybridized carbons (Fsp3) is 0.192. The number of carbonyl (C=O) groups excluding carboxylic acids is 1. The molecule has 3 aromatic carbocycles. The van der Waals surface area contributed by atoms with Gasteiger partial charge in [-0.1, -0.05) is 78.0 Å². The number of amides is 1. The molecule has 4 aromatic rings. The van der Waals surface area contributed by atoms with Gasteiger partial charge in [0.1, 0.15) is 5.82 Å². The van der Waals surface area contributed by atoms with E-state index in [4.69, 9.17) is 11.6 Å². The Morgan fingerprint density at radius 2 is 1.70 bits per heavy atom. The van der Waals surface area contributed by atoms with Gasteiger partial charge in [0.15, 0.2) is 5.16 Å². The molecule has 1 N–H and O–H groups in total. The number of hydrogen-bond acceptors (Lipinski definition) is 4. The Hall–Kier alpha value is -3.09. The topological polar surface area (TPSA) is 59.8 Å². The van der Waals surface area contributed by atoms with Crippen LogP contribution in [-0.4, -0.2) is 25.9 Å². The molecule has 4 rings (SSSR count). The quantitative estimate of drug-likeness (QED) is 0.320. The molecule has 0 spiro atoms. The van der Waals surface area contributed by atoms with E-state index in [2.05, 4.69) is 27.6 Å². The summed E-state index contributed by atoms with van der Waals surface area (Å²) in [6.45, 7) is 5.86. The maximum atomic E-state index is 13.0. The second kappa shape index (κ2) is 10.2. The first-order valence-electron chi connectivity index (χ1n) is 10.7. The zero-order valence-corrected chi connectivity index (χ0v) is 20.3. The molecule has 1 aromatic heterocycles. The lowest BCUT2D eigenvalue weighted by Crippen LogP contribution is -2.24. The van der Waals surface area contributed by atoms with E-state index in [0.29, 0.717) is 16.6 Å². The largest absolute Gasteiger partial charge is 0.325 e. The van der Waals surface area contributed by atoms with Gasteiger partial charge in [0.05, 0.1) is 10.9 Å². The smallest absolute Gasteiger partial charge is 0.237 e. The summed E-state index contributed by atoms with van der Waals surface area (Å²) in [4.78, 5) is 13.0. The van der Waals surface area contributed by atoms with Crippen LogP contribution >= 0.6 is 23.4 Å². The van der Waals surface area contributed by atoms with Gasteiger partial charge >= 0.3 is 0 Å². The number of anilines is 1. The number of aromatic nitrogens is 3. The van der Waals surface area contributed by atoms with Gasteiger partial charge in [-0.15, -0.1) is 10.2 Å². The molecule has 1 amide bonds. The van der Waals surface area contributed by atoms with Crippen LogP contribution in [0.1, 0.15) is 29.4 Å². The number of aryl methyl sites for hydroxylation is 2. The van der Waals surface area contributed by atoms with Gasteiger partial charge in [0.25, 0.3) is 0 Å². The number of halogens is 1. The highest BCUT2D eigenvalue weighted by atomic mass is 35.5. The van der Waals surface area contributed by atoms with Crippen LogP contribution in [-0.2, 0) is 11.2 Å². The van der Waals surface area contributed by atoms with Gasteiger partial charge in [-0.05, 0) is 55.7 Å². The minimum absolute atomic E-state index is 0.0809. The summed E-state index contributed by atoms with van der Waals surface area (Å²) in [5, 5.41) is 12.9. The fourth-order valence-electron chi connectivity index (χ4n) is 3.59. The summed E-state index contributed by atoms with van der Waals surface area (Å²) in [6.07, 6.45) is 0.615. The van der Waals surface area contributed by atoms with Gasteiger partial charge in [-0.3, -0.25) is 9.36 Å². The molecule has 0 saturated carbocycles. The number of carbonyl (C=O) groups is 1. The fourth-order valence-corrected chi connectivity index (χ4v) is 4.66. The van der Waals surface area contributed by atoms with E-state index >= 15 is 0 Å². The molecule has 168 valence electrons. The first-order chi connectivity index (χ1) is 15.9. The molecule has 0 unspecified atom stereocenters. The summed E-state index contributed by atoms with van der Waals surface area (Å²) >= 11 is 7.65. The first kappa shape index (κ1) is 23.1. The minimum atomic E-state index is -0.379. The number of nitrogens with zero attached hydrogens (tertiary/aromatic N) is 3. The average molecular weight is 477 g/mol. The molecule has 1 atom stereocenters. The van der Waals surface area contributed by atoms with Gasteiger partial charge < -0.3 is 5.32 Å². The van der Waals surface area contributed by atoms with E-state index in [1.54, 1.807) is 0 Å². The molecule has 7 heteroatoms. The highest BCUT2D eigenvalue weighted by molar-refractivity contribution is 8.00. The third-order valence-corrected chi connectivity index (χ3v) is 6.63. The number of benzene rings is 3. The van der Waals surface area contributed by atoms with Crippen LogP contribution in [0.2, 0.25) is 5.02 Å². The van der Waals surface area contributed by atoms with E-state index < -0.39 is 0 Å². The standard InChI is InChI=1S/C26H25ClN4OS/c1-17-9-7-10-18(2)24(17)28-25(32)19(3)33-26-30-29-23(15-20-11-5-4-6-12-20)31(26)22-14-8-13-21(27)16-22/h4-14,16,19H,15H2,1-3H3,(H,28,32)/t19-/m1/s1. The summed E-state index contributed by atoms with van der Waals surface area (Å²) < 4.78 is 1.98. The Balaban J connectivity index is 1.62. The number of hydrogen-bond donors (Lipinski definition) is 1. The van der Waals surface area contributed by atoms with Crippen LogP contribution in [0.25, 0.3) is 5.69 Å². The van der Waals surface area contributed by atoms with Crippen LogP contribution < -0.4 is 5.32 Å².